The third kappa shape index (κ3) is 3.45. The Balaban J connectivity index is 2.09. The Kier molecular flexibility index (Phi) is 4.33. The topological polar surface area (TPSA) is 137 Å². The predicted molar refractivity (Wildman–Crippen MR) is 72.9 cm³/mol. The molecule has 0 radical (unpaired) electrons. The molecule has 9 nitrogen and oxygen atoms in total. The van der Waals surface area contributed by atoms with Crippen LogP contribution < -0.4 is 11.1 Å². The normalized spacial score (nSPS) is 10.3. The standard InChI is InChI=1S/C11H10ClN5O4/c12-8-4-6(17(19)20)3-7(10(8)13)11(18)14-2-1-9-15-5-21-16-9/h3-5H,1-2,13H2,(H,14,18). The minimum Gasteiger partial charge on any atom is -0.397 e. The number of nitrogens with two attached hydrogens (primary N) is 1. The Morgan fingerprint density at radius 2 is 2.29 bits per heavy atom. The minimum absolute atomic E-state index is 0.0145. The molecule has 0 spiro atoms. The number of nitro groups is 1. The molecular formula is C11H10ClN5O4. The number of amides is 1. The fourth-order valence-electron chi connectivity index (χ4n) is 1.58. The van der Waals surface area contributed by atoms with E-state index in [1.165, 1.54) is 6.39 Å². The first-order valence-corrected chi connectivity index (χ1v) is 6.13. The molecule has 0 saturated carbocycles. The van der Waals surface area contributed by atoms with E-state index in [4.69, 9.17) is 17.3 Å². The first-order chi connectivity index (χ1) is 9.99. The van der Waals surface area contributed by atoms with E-state index in [1.807, 2.05) is 0 Å². The molecule has 2 aromatic rings. The van der Waals surface area contributed by atoms with Crippen LogP contribution in [-0.2, 0) is 6.42 Å². The molecular weight excluding hydrogens is 302 g/mol. The Bertz CT molecular complexity index is 674. The van der Waals surface area contributed by atoms with E-state index in [9.17, 15) is 14.9 Å². The maximum atomic E-state index is 12.0. The third-order valence-electron chi connectivity index (χ3n) is 2.61. The summed E-state index contributed by atoms with van der Waals surface area (Å²) >= 11 is 5.78. The lowest BCUT2D eigenvalue weighted by Gasteiger charge is -2.08. The van der Waals surface area contributed by atoms with Crippen molar-refractivity contribution in [2.75, 3.05) is 12.3 Å². The summed E-state index contributed by atoms with van der Waals surface area (Å²) in [6.45, 7) is 0.220. The summed E-state index contributed by atoms with van der Waals surface area (Å²) in [7, 11) is 0. The van der Waals surface area contributed by atoms with Crippen LogP contribution in [0, 0.1) is 10.1 Å². The number of anilines is 1. The van der Waals surface area contributed by atoms with Crippen LogP contribution in [0.25, 0.3) is 0 Å². The second-order valence-electron chi connectivity index (χ2n) is 4.00. The average molecular weight is 312 g/mol. The zero-order chi connectivity index (χ0) is 15.4. The number of nitro benzene ring substituents is 1. The zero-order valence-electron chi connectivity index (χ0n) is 10.6. The Labute approximate surface area is 123 Å². The Hall–Kier alpha value is -2.68. The van der Waals surface area contributed by atoms with E-state index in [2.05, 4.69) is 20.0 Å². The Morgan fingerprint density at radius 3 is 2.90 bits per heavy atom. The van der Waals surface area contributed by atoms with Crippen LogP contribution in [0.3, 0.4) is 0 Å². The van der Waals surface area contributed by atoms with Gasteiger partial charge in [0.2, 0.25) is 6.39 Å². The number of hydrogen-bond acceptors (Lipinski definition) is 7. The van der Waals surface area contributed by atoms with E-state index < -0.39 is 10.8 Å². The first kappa shape index (κ1) is 14.7. The zero-order valence-corrected chi connectivity index (χ0v) is 11.3. The maximum Gasteiger partial charge on any atom is 0.271 e. The third-order valence-corrected chi connectivity index (χ3v) is 2.92. The summed E-state index contributed by atoms with van der Waals surface area (Å²) in [6.07, 6.45) is 1.53. The number of halogens is 1. The van der Waals surface area contributed by atoms with Gasteiger partial charge in [-0.05, 0) is 0 Å². The number of benzene rings is 1. The second-order valence-corrected chi connectivity index (χ2v) is 4.41. The van der Waals surface area contributed by atoms with Crippen molar-refractivity contribution in [2.24, 2.45) is 0 Å². The van der Waals surface area contributed by atoms with Crippen molar-refractivity contribution in [3.63, 3.8) is 0 Å². The number of rotatable bonds is 5. The van der Waals surface area contributed by atoms with E-state index in [1.54, 1.807) is 0 Å². The molecule has 2 rings (SSSR count). The number of non-ortho nitro benzene ring substituents is 1. The fraction of sp³-hybridized carbons (Fsp3) is 0.182. The van der Waals surface area contributed by atoms with Gasteiger partial charge >= 0.3 is 0 Å². The summed E-state index contributed by atoms with van der Waals surface area (Å²) < 4.78 is 4.55. The number of hydrogen-bond donors (Lipinski definition) is 2. The van der Waals surface area contributed by atoms with Crippen LogP contribution in [0.15, 0.2) is 23.0 Å². The van der Waals surface area contributed by atoms with Crippen LogP contribution in [0.1, 0.15) is 16.2 Å². The molecule has 0 atom stereocenters. The van der Waals surface area contributed by atoms with Crippen molar-refractivity contribution >= 4 is 28.9 Å². The molecule has 21 heavy (non-hydrogen) atoms. The molecule has 0 aliphatic rings. The van der Waals surface area contributed by atoms with Gasteiger partial charge in [0, 0.05) is 25.1 Å². The monoisotopic (exact) mass is 311 g/mol. The summed E-state index contributed by atoms with van der Waals surface area (Å²) in [4.78, 5) is 25.9. The average Bonchev–Trinajstić information content (AvgIpc) is 2.94. The lowest BCUT2D eigenvalue weighted by atomic mass is 10.1. The molecule has 10 heteroatoms. The maximum absolute atomic E-state index is 12.0. The van der Waals surface area contributed by atoms with Gasteiger partial charge in [0.1, 0.15) is 0 Å². The molecule has 0 unspecified atom stereocenters. The van der Waals surface area contributed by atoms with Gasteiger partial charge in [-0.15, -0.1) is 0 Å². The number of nitrogens with one attached hydrogen (secondary N) is 1. The molecule has 0 aliphatic heterocycles. The highest BCUT2D eigenvalue weighted by atomic mass is 35.5. The van der Waals surface area contributed by atoms with Gasteiger partial charge in [-0.3, -0.25) is 14.9 Å². The number of nitrogens with zero attached hydrogens (tertiary/aromatic N) is 3. The van der Waals surface area contributed by atoms with E-state index in [0.29, 0.717) is 12.2 Å². The van der Waals surface area contributed by atoms with Crippen LogP contribution >= 0.6 is 11.6 Å². The molecule has 1 aromatic heterocycles. The van der Waals surface area contributed by atoms with E-state index in [-0.39, 0.29) is 28.5 Å². The van der Waals surface area contributed by atoms with Crippen molar-refractivity contribution in [1.29, 1.82) is 0 Å². The highest BCUT2D eigenvalue weighted by Gasteiger charge is 2.18. The summed E-state index contributed by atoms with van der Waals surface area (Å²) in [5.41, 5.74) is 5.29. The van der Waals surface area contributed by atoms with Crippen LogP contribution in [0.5, 0.6) is 0 Å². The van der Waals surface area contributed by atoms with Crippen LogP contribution in [0.4, 0.5) is 11.4 Å². The SMILES string of the molecule is Nc1c(Cl)cc([N+](=O)[O-])cc1C(=O)NCCc1ncon1. The van der Waals surface area contributed by atoms with Gasteiger partial charge in [0.15, 0.2) is 5.82 Å². The Morgan fingerprint density at radius 1 is 1.52 bits per heavy atom. The van der Waals surface area contributed by atoms with Gasteiger partial charge in [0.05, 0.1) is 21.2 Å². The van der Waals surface area contributed by atoms with Gasteiger partial charge in [-0.25, -0.2) is 0 Å². The first-order valence-electron chi connectivity index (χ1n) is 5.76. The number of aromatic nitrogens is 2. The summed E-state index contributed by atoms with van der Waals surface area (Å²) in [5.74, 6) is -0.137. The number of nitrogen functional groups attached to an aromatic ring is 1. The van der Waals surface area contributed by atoms with Crippen molar-refractivity contribution in [3.05, 3.63) is 45.1 Å². The highest BCUT2D eigenvalue weighted by molar-refractivity contribution is 6.34. The summed E-state index contributed by atoms with van der Waals surface area (Å²) in [5, 5.41) is 16.8. The van der Waals surface area contributed by atoms with E-state index in [0.717, 1.165) is 12.1 Å². The van der Waals surface area contributed by atoms with Crippen molar-refractivity contribution in [2.45, 2.75) is 6.42 Å². The smallest absolute Gasteiger partial charge is 0.271 e. The van der Waals surface area contributed by atoms with Gasteiger partial charge in [0.25, 0.3) is 11.6 Å². The predicted octanol–water partition coefficient (Wildman–Crippen LogP) is 1.19. The van der Waals surface area contributed by atoms with Gasteiger partial charge < -0.3 is 15.6 Å². The molecule has 0 fully saturated rings. The molecule has 0 saturated heterocycles. The van der Waals surface area contributed by atoms with Crippen molar-refractivity contribution < 1.29 is 14.2 Å². The molecule has 1 aromatic carbocycles. The molecule has 110 valence electrons. The number of carbonyl (C=O) groups excluding carboxylic acids is 1. The van der Waals surface area contributed by atoms with E-state index >= 15 is 0 Å². The highest BCUT2D eigenvalue weighted by Crippen LogP contribution is 2.28. The molecule has 3 N–H and O–H groups in total. The van der Waals surface area contributed by atoms with Crippen LogP contribution in [-0.4, -0.2) is 27.5 Å². The van der Waals surface area contributed by atoms with Gasteiger partial charge in [-0.1, -0.05) is 16.8 Å². The molecule has 1 heterocycles. The lowest BCUT2D eigenvalue weighted by molar-refractivity contribution is -0.384. The molecule has 0 aliphatic carbocycles. The minimum atomic E-state index is -0.651. The van der Waals surface area contributed by atoms with Crippen molar-refractivity contribution in [3.8, 4) is 0 Å². The fourth-order valence-corrected chi connectivity index (χ4v) is 1.80. The largest absolute Gasteiger partial charge is 0.397 e. The lowest BCUT2D eigenvalue weighted by Crippen LogP contribution is -2.27. The van der Waals surface area contributed by atoms with Crippen molar-refractivity contribution in [1.82, 2.24) is 15.5 Å². The molecule has 0 bridgehead atoms. The quantitative estimate of drug-likeness (QED) is 0.480. The molecule has 1 amide bonds. The number of carbonyl (C=O) groups is 1. The summed E-state index contributed by atoms with van der Waals surface area (Å²) in [6, 6.07) is 2.16. The van der Waals surface area contributed by atoms with Gasteiger partial charge in [-0.2, -0.15) is 4.98 Å². The van der Waals surface area contributed by atoms with Crippen LogP contribution in [0.2, 0.25) is 5.02 Å². The second kappa shape index (κ2) is 6.18.